The van der Waals surface area contributed by atoms with Gasteiger partial charge in [0.25, 0.3) is 0 Å². The van der Waals surface area contributed by atoms with Crippen molar-refractivity contribution in [3.8, 4) is 0 Å². The first kappa shape index (κ1) is 16.2. The van der Waals surface area contributed by atoms with Crippen LogP contribution >= 0.6 is 0 Å². The van der Waals surface area contributed by atoms with Crippen molar-refractivity contribution in [2.45, 2.75) is 13.0 Å². The van der Waals surface area contributed by atoms with Crippen molar-refractivity contribution in [3.63, 3.8) is 0 Å². The van der Waals surface area contributed by atoms with Gasteiger partial charge >= 0.3 is 5.97 Å². The van der Waals surface area contributed by atoms with E-state index in [4.69, 9.17) is 20.3 Å². The predicted octanol–water partition coefficient (Wildman–Crippen LogP) is 0.850. The zero-order chi connectivity index (χ0) is 15.1. The molecular weight excluding hydrogens is 262 g/mol. The Labute approximate surface area is 118 Å². The number of pyridine rings is 1. The highest BCUT2D eigenvalue weighted by Gasteiger charge is 2.19. The Hall–Kier alpha value is -1.86. The molecule has 0 fully saturated rings. The summed E-state index contributed by atoms with van der Waals surface area (Å²) in [5.74, 6) is -0.649. The summed E-state index contributed by atoms with van der Waals surface area (Å²) < 4.78 is 10.2. The van der Waals surface area contributed by atoms with E-state index in [0.29, 0.717) is 31.3 Å². The van der Waals surface area contributed by atoms with Gasteiger partial charge in [-0.2, -0.15) is 0 Å². The molecule has 1 rings (SSSR count). The average molecular weight is 283 g/mol. The van der Waals surface area contributed by atoms with Gasteiger partial charge < -0.3 is 25.2 Å². The standard InChI is InChI=1S/C13H21N3O4/c1-9(8-20-3)16(6-7-19-2)12-10(14)4-5-11(15-12)13(17)18/h4-5,9H,6-8,14H2,1-3H3,(H,17,18). The monoisotopic (exact) mass is 283 g/mol. The molecule has 0 bridgehead atoms. The predicted molar refractivity (Wildman–Crippen MR) is 76.2 cm³/mol. The summed E-state index contributed by atoms with van der Waals surface area (Å²) in [7, 11) is 3.21. The summed E-state index contributed by atoms with van der Waals surface area (Å²) in [6, 6.07) is 2.93. The van der Waals surface area contributed by atoms with E-state index in [2.05, 4.69) is 4.98 Å². The third-order valence-electron chi connectivity index (χ3n) is 2.87. The molecule has 1 unspecified atom stereocenters. The number of carboxylic acid groups (broad SMARTS) is 1. The van der Waals surface area contributed by atoms with Crippen LogP contribution in [0.4, 0.5) is 11.5 Å². The normalized spacial score (nSPS) is 12.2. The quantitative estimate of drug-likeness (QED) is 0.729. The molecule has 0 aliphatic heterocycles. The van der Waals surface area contributed by atoms with Crippen LogP contribution in [0.25, 0.3) is 0 Å². The van der Waals surface area contributed by atoms with Gasteiger partial charge in [-0.25, -0.2) is 9.78 Å². The first-order chi connectivity index (χ1) is 9.51. The highest BCUT2D eigenvalue weighted by molar-refractivity contribution is 5.87. The molecule has 112 valence electrons. The first-order valence-electron chi connectivity index (χ1n) is 6.25. The Balaban J connectivity index is 3.10. The topological polar surface area (TPSA) is 97.9 Å². The lowest BCUT2D eigenvalue weighted by Gasteiger charge is -2.30. The number of nitrogens with zero attached hydrogens (tertiary/aromatic N) is 2. The highest BCUT2D eigenvalue weighted by Crippen LogP contribution is 2.23. The fourth-order valence-electron chi connectivity index (χ4n) is 1.86. The lowest BCUT2D eigenvalue weighted by molar-refractivity contribution is 0.0690. The van der Waals surface area contributed by atoms with Crippen molar-refractivity contribution < 1.29 is 19.4 Å². The minimum atomic E-state index is -1.09. The van der Waals surface area contributed by atoms with Gasteiger partial charge in [0.1, 0.15) is 0 Å². The number of hydrogen-bond acceptors (Lipinski definition) is 6. The Morgan fingerprint density at radius 2 is 2.15 bits per heavy atom. The Kier molecular flexibility index (Phi) is 6.20. The molecule has 7 heteroatoms. The third kappa shape index (κ3) is 4.07. The molecular formula is C13H21N3O4. The largest absolute Gasteiger partial charge is 0.477 e. The zero-order valence-corrected chi connectivity index (χ0v) is 12.0. The van der Waals surface area contributed by atoms with Crippen molar-refractivity contribution >= 4 is 17.5 Å². The Morgan fingerprint density at radius 3 is 2.70 bits per heavy atom. The van der Waals surface area contributed by atoms with E-state index >= 15 is 0 Å². The van der Waals surface area contributed by atoms with Crippen LogP contribution in [-0.4, -0.2) is 56.1 Å². The summed E-state index contributed by atoms with van der Waals surface area (Å²) in [6.07, 6.45) is 0. The summed E-state index contributed by atoms with van der Waals surface area (Å²) in [5, 5.41) is 9.03. The smallest absolute Gasteiger partial charge is 0.354 e. The van der Waals surface area contributed by atoms with Crippen molar-refractivity contribution in [3.05, 3.63) is 17.8 Å². The number of ether oxygens (including phenoxy) is 2. The number of anilines is 2. The molecule has 0 aliphatic rings. The number of methoxy groups -OCH3 is 2. The molecule has 0 aromatic carbocycles. The van der Waals surface area contributed by atoms with Gasteiger partial charge in [0.15, 0.2) is 11.5 Å². The minimum Gasteiger partial charge on any atom is -0.477 e. The van der Waals surface area contributed by atoms with Crippen LogP contribution in [0.1, 0.15) is 17.4 Å². The lowest BCUT2D eigenvalue weighted by atomic mass is 10.2. The van der Waals surface area contributed by atoms with E-state index in [1.807, 2.05) is 11.8 Å². The maximum Gasteiger partial charge on any atom is 0.354 e. The summed E-state index contributed by atoms with van der Waals surface area (Å²) in [6.45, 7) is 3.45. The second kappa shape index (κ2) is 7.66. The van der Waals surface area contributed by atoms with E-state index < -0.39 is 5.97 Å². The number of aromatic carboxylic acids is 1. The lowest BCUT2D eigenvalue weighted by Crippen LogP contribution is -2.39. The first-order valence-corrected chi connectivity index (χ1v) is 6.25. The molecule has 3 N–H and O–H groups in total. The van der Waals surface area contributed by atoms with E-state index in [9.17, 15) is 4.79 Å². The summed E-state index contributed by atoms with van der Waals surface area (Å²) in [4.78, 5) is 17.0. The number of rotatable bonds is 8. The molecule has 1 atom stereocenters. The van der Waals surface area contributed by atoms with Crippen molar-refractivity contribution in [1.82, 2.24) is 4.98 Å². The SMILES string of the molecule is COCCN(c1nc(C(=O)O)ccc1N)C(C)COC. The highest BCUT2D eigenvalue weighted by atomic mass is 16.5. The summed E-state index contributed by atoms with van der Waals surface area (Å²) in [5.41, 5.74) is 6.30. The van der Waals surface area contributed by atoms with Crippen LogP contribution in [0.2, 0.25) is 0 Å². The number of nitrogens with two attached hydrogens (primary N) is 1. The zero-order valence-electron chi connectivity index (χ0n) is 12.0. The molecule has 20 heavy (non-hydrogen) atoms. The van der Waals surface area contributed by atoms with Crippen LogP contribution in [0.3, 0.4) is 0 Å². The molecule has 0 amide bonds. The second-order valence-corrected chi connectivity index (χ2v) is 4.41. The van der Waals surface area contributed by atoms with Gasteiger partial charge in [-0.15, -0.1) is 0 Å². The Morgan fingerprint density at radius 1 is 1.45 bits per heavy atom. The van der Waals surface area contributed by atoms with E-state index in [0.717, 1.165) is 0 Å². The maximum atomic E-state index is 11.0. The molecule has 1 aromatic heterocycles. The van der Waals surface area contributed by atoms with Crippen LogP contribution in [0.5, 0.6) is 0 Å². The van der Waals surface area contributed by atoms with Crippen LogP contribution in [0, 0.1) is 0 Å². The van der Waals surface area contributed by atoms with Gasteiger partial charge in [-0.05, 0) is 19.1 Å². The van der Waals surface area contributed by atoms with Crippen LogP contribution in [-0.2, 0) is 9.47 Å². The van der Waals surface area contributed by atoms with Gasteiger partial charge in [-0.1, -0.05) is 0 Å². The van der Waals surface area contributed by atoms with Crippen molar-refractivity contribution in [2.75, 3.05) is 44.6 Å². The number of aromatic nitrogens is 1. The minimum absolute atomic E-state index is 0.00556. The van der Waals surface area contributed by atoms with Crippen molar-refractivity contribution in [2.24, 2.45) is 0 Å². The number of carbonyl (C=O) groups is 1. The molecule has 7 nitrogen and oxygen atoms in total. The molecule has 0 aliphatic carbocycles. The van der Waals surface area contributed by atoms with E-state index in [-0.39, 0.29) is 11.7 Å². The fraction of sp³-hybridized carbons (Fsp3) is 0.538. The van der Waals surface area contributed by atoms with Crippen LogP contribution in [0.15, 0.2) is 12.1 Å². The third-order valence-corrected chi connectivity index (χ3v) is 2.87. The average Bonchev–Trinajstić information content (AvgIpc) is 2.41. The van der Waals surface area contributed by atoms with Crippen molar-refractivity contribution in [1.29, 1.82) is 0 Å². The number of carboxylic acids is 1. The number of hydrogen-bond donors (Lipinski definition) is 2. The van der Waals surface area contributed by atoms with Crippen LogP contribution < -0.4 is 10.6 Å². The van der Waals surface area contributed by atoms with E-state index in [1.165, 1.54) is 6.07 Å². The fourth-order valence-corrected chi connectivity index (χ4v) is 1.86. The molecule has 0 radical (unpaired) electrons. The Bertz CT molecular complexity index is 453. The number of nitrogen functional groups attached to an aromatic ring is 1. The van der Waals surface area contributed by atoms with E-state index in [1.54, 1.807) is 20.3 Å². The summed E-state index contributed by atoms with van der Waals surface area (Å²) >= 11 is 0. The van der Waals surface area contributed by atoms with Gasteiger partial charge in [0.05, 0.1) is 24.9 Å². The molecule has 1 heterocycles. The van der Waals surface area contributed by atoms with Gasteiger partial charge in [0.2, 0.25) is 0 Å². The molecule has 0 spiro atoms. The van der Waals surface area contributed by atoms with Gasteiger partial charge in [0, 0.05) is 20.8 Å². The van der Waals surface area contributed by atoms with Gasteiger partial charge in [-0.3, -0.25) is 0 Å². The molecule has 0 saturated carbocycles. The molecule has 0 saturated heterocycles. The molecule has 1 aromatic rings. The maximum absolute atomic E-state index is 11.0. The second-order valence-electron chi connectivity index (χ2n) is 4.41.